The summed E-state index contributed by atoms with van der Waals surface area (Å²) in [5.74, 6) is 0.0863. The number of rotatable bonds is 4. The molecule has 0 saturated carbocycles. The topological polar surface area (TPSA) is 60.9 Å². The smallest absolute Gasteiger partial charge is 0.141 e. The van der Waals surface area contributed by atoms with Gasteiger partial charge in [0.1, 0.15) is 5.78 Å². The lowest BCUT2D eigenvalue weighted by molar-refractivity contribution is -0.122. The number of aryl methyl sites for hydroxylation is 1. The highest BCUT2D eigenvalue weighted by Crippen LogP contribution is 2.07. The summed E-state index contributed by atoms with van der Waals surface area (Å²) in [6, 6.07) is -0.0841. The lowest BCUT2D eigenvalue weighted by Gasteiger charge is -2.13. The van der Waals surface area contributed by atoms with E-state index in [2.05, 4.69) is 5.10 Å². The zero-order valence-corrected chi connectivity index (χ0v) is 8.90. The molecule has 2 unspecified atom stereocenters. The van der Waals surface area contributed by atoms with Crippen molar-refractivity contribution in [2.45, 2.75) is 26.3 Å². The lowest BCUT2D eigenvalue weighted by Crippen LogP contribution is -2.31. The third-order valence-electron chi connectivity index (χ3n) is 2.43. The summed E-state index contributed by atoms with van der Waals surface area (Å²) in [4.78, 5) is 11.6. The van der Waals surface area contributed by atoms with Crippen LogP contribution in [0.4, 0.5) is 0 Å². The number of Topliss-reactive ketones (excluding diaryl/α,β-unsaturated/α-hetero) is 1. The second-order valence-corrected chi connectivity index (χ2v) is 3.81. The van der Waals surface area contributed by atoms with E-state index in [-0.39, 0.29) is 17.7 Å². The van der Waals surface area contributed by atoms with E-state index >= 15 is 0 Å². The van der Waals surface area contributed by atoms with Crippen molar-refractivity contribution in [3.05, 3.63) is 18.0 Å². The SMILES string of the molecule is CC(N)C(C)C(=O)Cc1cnn(C)c1. The molecule has 4 nitrogen and oxygen atoms in total. The van der Waals surface area contributed by atoms with Gasteiger partial charge in [-0.2, -0.15) is 5.10 Å². The summed E-state index contributed by atoms with van der Waals surface area (Å²) in [5.41, 5.74) is 6.60. The van der Waals surface area contributed by atoms with Crippen LogP contribution in [0.1, 0.15) is 19.4 Å². The van der Waals surface area contributed by atoms with E-state index in [0.717, 1.165) is 5.56 Å². The molecule has 2 N–H and O–H groups in total. The van der Waals surface area contributed by atoms with Gasteiger partial charge in [-0.3, -0.25) is 9.48 Å². The lowest BCUT2D eigenvalue weighted by atomic mass is 9.95. The van der Waals surface area contributed by atoms with Gasteiger partial charge in [-0.1, -0.05) is 6.92 Å². The van der Waals surface area contributed by atoms with Crippen LogP contribution >= 0.6 is 0 Å². The van der Waals surface area contributed by atoms with Gasteiger partial charge < -0.3 is 5.73 Å². The number of hydrogen-bond donors (Lipinski definition) is 1. The molecule has 0 fully saturated rings. The van der Waals surface area contributed by atoms with E-state index in [1.807, 2.05) is 27.1 Å². The molecule has 0 aliphatic carbocycles. The van der Waals surface area contributed by atoms with E-state index in [0.29, 0.717) is 6.42 Å². The Bertz CT molecular complexity index is 317. The van der Waals surface area contributed by atoms with Crippen LogP contribution in [-0.4, -0.2) is 21.6 Å². The van der Waals surface area contributed by atoms with Crippen LogP contribution in [0.5, 0.6) is 0 Å². The third kappa shape index (κ3) is 2.67. The molecule has 1 rings (SSSR count). The first-order chi connectivity index (χ1) is 6.50. The van der Waals surface area contributed by atoms with Gasteiger partial charge in [0.25, 0.3) is 0 Å². The molecule has 78 valence electrons. The minimum Gasteiger partial charge on any atom is -0.327 e. The van der Waals surface area contributed by atoms with Gasteiger partial charge in [-0.25, -0.2) is 0 Å². The highest BCUT2D eigenvalue weighted by Gasteiger charge is 2.17. The highest BCUT2D eigenvalue weighted by atomic mass is 16.1. The maximum Gasteiger partial charge on any atom is 0.141 e. The van der Waals surface area contributed by atoms with Gasteiger partial charge in [0, 0.05) is 31.6 Å². The number of ketones is 1. The Morgan fingerprint density at radius 2 is 2.29 bits per heavy atom. The summed E-state index contributed by atoms with van der Waals surface area (Å²) in [6.45, 7) is 3.72. The molecule has 0 amide bonds. The summed E-state index contributed by atoms with van der Waals surface area (Å²) in [7, 11) is 1.84. The Morgan fingerprint density at radius 1 is 1.64 bits per heavy atom. The van der Waals surface area contributed by atoms with Crippen LogP contribution in [0.2, 0.25) is 0 Å². The van der Waals surface area contributed by atoms with Gasteiger partial charge in [-0.05, 0) is 12.5 Å². The quantitative estimate of drug-likeness (QED) is 0.761. The molecular weight excluding hydrogens is 178 g/mol. The monoisotopic (exact) mass is 195 g/mol. The highest BCUT2D eigenvalue weighted by molar-refractivity contribution is 5.83. The normalized spacial score (nSPS) is 15.1. The average Bonchev–Trinajstić information content (AvgIpc) is 2.49. The van der Waals surface area contributed by atoms with Gasteiger partial charge in [0.15, 0.2) is 0 Å². The van der Waals surface area contributed by atoms with Gasteiger partial charge in [-0.15, -0.1) is 0 Å². The van der Waals surface area contributed by atoms with E-state index in [4.69, 9.17) is 5.73 Å². The molecule has 1 aromatic rings. The van der Waals surface area contributed by atoms with Crippen molar-refractivity contribution in [2.24, 2.45) is 18.7 Å². The number of hydrogen-bond acceptors (Lipinski definition) is 3. The van der Waals surface area contributed by atoms with Crippen molar-refractivity contribution >= 4 is 5.78 Å². The Morgan fingerprint density at radius 3 is 2.71 bits per heavy atom. The summed E-state index contributed by atoms with van der Waals surface area (Å²) in [6.07, 6.45) is 3.99. The van der Waals surface area contributed by atoms with Crippen molar-refractivity contribution in [1.82, 2.24) is 9.78 Å². The fraction of sp³-hybridized carbons (Fsp3) is 0.600. The molecule has 2 atom stereocenters. The number of carbonyl (C=O) groups is 1. The molecule has 0 aliphatic rings. The molecule has 4 heteroatoms. The van der Waals surface area contributed by atoms with Crippen LogP contribution in [0.25, 0.3) is 0 Å². The standard InChI is InChI=1S/C10H17N3O/c1-7(8(2)11)10(14)4-9-5-12-13(3)6-9/h5-8H,4,11H2,1-3H3. The van der Waals surface area contributed by atoms with E-state index in [1.165, 1.54) is 0 Å². The Kier molecular flexibility index (Phi) is 3.41. The number of aromatic nitrogens is 2. The number of carbonyl (C=O) groups excluding carboxylic acids is 1. The molecule has 1 heterocycles. The maximum absolute atomic E-state index is 11.6. The molecular formula is C10H17N3O. The molecule has 0 saturated heterocycles. The van der Waals surface area contributed by atoms with Gasteiger partial charge in [0.05, 0.1) is 6.20 Å². The zero-order valence-electron chi connectivity index (χ0n) is 8.90. The van der Waals surface area contributed by atoms with Crippen LogP contribution in [0.3, 0.4) is 0 Å². The molecule has 0 aromatic carbocycles. The molecule has 0 bridgehead atoms. The van der Waals surface area contributed by atoms with Crippen LogP contribution < -0.4 is 5.73 Å². The predicted octanol–water partition coefficient (Wildman–Crippen LogP) is 0.515. The Labute approximate surface area is 84.1 Å². The van der Waals surface area contributed by atoms with Crippen molar-refractivity contribution in [2.75, 3.05) is 0 Å². The first kappa shape index (κ1) is 10.9. The third-order valence-corrected chi connectivity index (χ3v) is 2.43. The minimum atomic E-state index is -0.0878. The Hall–Kier alpha value is -1.16. The van der Waals surface area contributed by atoms with Crippen LogP contribution in [0, 0.1) is 5.92 Å². The molecule has 14 heavy (non-hydrogen) atoms. The molecule has 0 radical (unpaired) electrons. The van der Waals surface area contributed by atoms with Crippen molar-refractivity contribution in [3.8, 4) is 0 Å². The molecule has 0 aliphatic heterocycles. The predicted molar refractivity (Wildman–Crippen MR) is 54.7 cm³/mol. The summed E-state index contributed by atoms with van der Waals surface area (Å²) in [5, 5.41) is 4.01. The number of nitrogens with two attached hydrogens (primary N) is 1. The maximum atomic E-state index is 11.6. The summed E-state index contributed by atoms with van der Waals surface area (Å²) >= 11 is 0. The first-order valence-corrected chi connectivity index (χ1v) is 4.76. The summed E-state index contributed by atoms with van der Waals surface area (Å²) < 4.78 is 1.69. The van der Waals surface area contributed by atoms with Crippen molar-refractivity contribution in [1.29, 1.82) is 0 Å². The minimum absolute atomic E-state index is 0.0841. The number of nitrogens with zero attached hydrogens (tertiary/aromatic N) is 2. The average molecular weight is 195 g/mol. The van der Waals surface area contributed by atoms with E-state index in [9.17, 15) is 4.79 Å². The van der Waals surface area contributed by atoms with E-state index < -0.39 is 0 Å². The van der Waals surface area contributed by atoms with Gasteiger partial charge in [0.2, 0.25) is 0 Å². The fourth-order valence-corrected chi connectivity index (χ4v) is 1.22. The second kappa shape index (κ2) is 4.37. The van der Waals surface area contributed by atoms with Crippen molar-refractivity contribution in [3.63, 3.8) is 0 Å². The zero-order chi connectivity index (χ0) is 10.7. The Balaban J connectivity index is 2.57. The van der Waals surface area contributed by atoms with Crippen molar-refractivity contribution < 1.29 is 4.79 Å². The van der Waals surface area contributed by atoms with E-state index in [1.54, 1.807) is 10.9 Å². The molecule has 1 aromatic heterocycles. The fourth-order valence-electron chi connectivity index (χ4n) is 1.22. The second-order valence-electron chi connectivity index (χ2n) is 3.81. The van der Waals surface area contributed by atoms with Gasteiger partial charge >= 0.3 is 0 Å². The van der Waals surface area contributed by atoms with Crippen LogP contribution in [-0.2, 0) is 18.3 Å². The van der Waals surface area contributed by atoms with Crippen LogP contribution in [0.15, 0.2) is 12.4 Å². The largest absolute Gasteiger partial charge is 0.327 e. The molecule has 0 spiro atoms. The first-order valence-electron chi connectivity index (χ1n) is 4.76.